The van der Waals surface area contributed by atoms with Crippen LogP contribution in [0.15, 0.2) is 28.9 Å². The molecule has 1 N–H and O–H groups in total. The molecule has 124 valence electrons. The van der Waals surface area contributed by atoms with Gasteiger partial charge in [0.05, 0.1) is 6.20 Å². The summed E-state index contributed by atoms with van der Waals surface area (Å²) in [4.78, 5) is 16.1. The minimum Gasteiger partial charge on any atom is -0.347 e. The molecule has 0 aliphatic heterocycles. The molecule has 0 unspecified atom stereocenters. The van der Waals surface area contributed by atoms with Crippen LogP contribution in [0.1, 0.15) is 33.3 Å². The van der Waals surface area contributed by atoms with Gasteiger partial charge in [0.25, 0.3) is 5.91 Å². The maximum atomic E-state index is 13.2. The highest BCUT2D eigenvalue weighted by Crippen LogP contribution is 2.09. The SMILES string of the molecule is Cc1nc(Cn2cc(C(=O)NCc3ccc(F)c(C)c3)nn2)no1. The van der Waals surface area contributed by atoms with Crippen LogP contribution in [0, 0.1) is 19.7 Å². The Hall–Kier alpha value is -3.10. The number of carbonyl (C=O) groups excluding carboxylic acids is 1. The molecule has 0 radical (unpaired) electrons. The first-order chi connectivity index (χ1) is 11.5. The zero-order valence-corrected chi connectivity index (χ0v) is 13.2. The van der Waals surface area contributed by atoms with E-state index in [-0.39, 0.29) is 30.5 Å². The molecule has 0 saturated carbocycles. The Morgan fingerprint density at radius 2 is 2.21 bits per heavy atom. The van der Waals surface area contributed by atoms with Gasteiger partial charge in [-0.25, -0.2) is 9.07 Å². The summed E-state index contributed by atoms with van der Waals surface area (Å²) in [5.41, 5.74) is 1.51. The third kappa shape index (κ3) is 3.62. The van der Waals surface area contributed by atoms with E-state index in [2.05, 4.69) is 25.8 Å². The van der Waals surface area contributed by atoms with Gasteiger partial charge in [0, 0.05) is 13.5 Å². The van der Waals surface area contributed by atoms with E-state index in [9.17, 15) is 9.18 Å². The number of hydrogen-bond acceptors (Lipinski definition) is 6. The van der Waals surface area contributed by atoms with Crippen molar-refractivity contribution in [1.82, 2.24) is 30.5 Å². The molecule has 0 aliphatic carbocycles. The predicted octanol–water partition coefficient (Wildman–Crippen LogP) is 1.40. The van der Waals surface area contributed by atoms with Crippen LogP contribution < -0.4 is 5.32 Å². The molecule has 1 aromatic carbocycles. The Morgan fingerprint density at radius 3 is 2.92 bits per heavy atom. The van der Waals surface area contributed by atoms with Crippen molar-refractivity contribution in [2.75, 3.05) is 0 Å². The maximum absolute atomic E-state index is 13.2. The van der Waals surface area contributed by atoms with Crippen molar-refractivity contribution >= 4 is 5.91 Å². The Kier molecular flexibility index (Phi) is 4.32. The predicted molar refractivity (Wildman–Crippen MR) is 80.5 cm³/mol. The molecule has 0 atom stereocenters. The molecular formula is C15H15FN6O2. The smallest absolute Gasteiger partial charge is 0.273 e. The van der Waals surface area contributed by atoms with Crippen LogP contribution >= 0.6 is 0 Å². The van der Waals surface area contributed by atoms with E-state index in [0.717, 1.165) is 5.56 Å². The first-order valence-electron chi connectivity index (χ1n) is 7.24. The quantitative estimate of drug-likeness (QED) is 0.759. The van der Waals surface area contributed by atoms with Gasteiger partial charge in [-0.1, -0.05) is 22.5 Å². The summed E-state index contributed by atoms with van der Waals surface area (Å²) < 4.78 is 19.5. The summed E-state index contributed by atoms with van der Waals surface area (Å²) in [7, 11) is 0. The van der Waals surface area contributed by atoms with Crippen LogP contribution in [0.25, 0.3) is 0 Å². The van der Waals surface area contributed by atoms with Gasteiger partial charge < -0.3 is 9.84 Å². The summed E-state index contributed by atoms with van der Waals surface area (Å²) >= 11 is 0. The van der Waals surface area contributed by atoms with Gasteiger partial charge in [-0.15, -0.1) is 5.10 Å². The lowest BCUT2D eigenvalue weighted by molar-refractivity contribution is 0.0946. The van der Waals surface area contributed by atoms with Crippen molar-refractivity contribution in [3.63, 3.8) is 0 Å². The number of aryl methyl sites for hydroxylation is 2. The van der Waals surface area contributed by atoms with Gasteiger partial charge in [0.1, 0.15) is 12.4 Å². The molecule has 8 nitrogen and oxygen atoms in total. The molecule has 3 aromatic rings. The minimum atomic E-state index is -0.368. The van der Waals surface area contributed by atoms with Crippen LogP contribution in [0.3, 0.4) is 0 Å². The second-order valence-corrected chi connectivity index (χ2v) is 5.30. The molecular weight excluding hydrogens is 315 g/mol. The molecule has 0 fully saturated rings. The summed E-state index contributed by atoms with van der Waals surface area (Å²) in [5.74, 6) is 0.265. The van der Waals surface area contributed by atoms with E-state index >= 15 is 0 Å². The third-order valence-corrected chi connectivity index (χ3v) is 3.32. The average molecular weight is 330 g/mol. The molecule has 3 rings (SSSR count). The van der Waals surface area contributed by atoms with Gasteiger partial charge in [0.15, 0.2) is 11.5 Å². The molecule has 0 bridgehead atoms. The van der Waals surface area contributed by atoms with Crippen LogP contribution in [-0.2, 0) is 13.1 Å². The Balaban J connectivity index is 1.60. The number of amides is 1. The molecule has 2 aromatic heterocycles. The van der Waals surface area contributed by atoms with Crippen LogP contribution in [0.4, 0.5) is 4.39 Å². The lowest BCUT2D eigenvalue weighted by atomic mass is 10.1. The van der Waals surface area contributed by atoms with Gasteiger partial charge in [-0.05, 0) is 24.1 Å². The molecule has 24 heavy (non-hydrogen) atoms. The second-order valence-electron chi connectivity index (χ2n) is 5.30. The number of nitrogens with one attached hydrogen (secondary N) is 1. The Morgan fingerprint density at radius 1 is 1.38 bits per heavy atom. The van der Waals surface area contributed by atoms with Gasteiger partial charge in [0.2, 0.25) is 5.89 Å². The number of nitrogens with zero attached hydrogens (tertiary/aromatic N) is 5. The number of aromatic nitrogens is 5. The van der Waals surface area contributed by atoms with Crippen molar-refractivity contribution in [3.8, 4) is 0 Å². The van der Waals surface area contributed by atoms with Crippen molar-refractivity contribution in [3.05, 3.63) is 58.7 Å². The van der Waals surface area contributed by atoms with E-state index in [0.29, 0.717) is 17.3 Å². The van der Waals surface area contributed by atoms with Crippen molar-refractivity contribution < 1.29 is 13.7 Å². The molecule has 9 heteroatoms. The zero-order chi connectivity index (χ0) is 17.1. The van der Waals surface area contributed by atoms with Crippen molar-refractivity contribution in [2.45, 2.75) is 26.9 Å². The van der Waals surface area contributed by atoms with Crippen molar-refractivity contribution in [1.29, 1.82) is 0 Å². The number of benzene rings is 1. The Labute approximate surface area is 136 Å². The van der Waals surface area contributed by atoms with E-state index in [4.69, 9.17) is 4.52 Å². The summed E-state index contributed by atoms with van der Waals surface area (Å²) in [6.45, 7) is 3.89. The molecule has 2 heterocycles. The second kappa shape index (κ2) is 6.57. The van der Waals surface area contributed by atoms with Gasteiger partial charge >= 0.3 is 0 Å². The first kappa shape index (κ1) is 15.8. The van der Waals surface area contributed by atoms with Crippen LogP contribution in [-0.4, -0.2) is 31.0 Å². The van der Waals surface area contributed by atoms with E-state index in [1.165, 1.54) is 16.9 Å². The maximum Gasteiger partial charge on any atom is 0.273 e. The first-order valence-corrected chi connectivity index (χ1v) is 7.24. The number of rotatable bonds is 5. The molecule has 0 saturated heterocycles. The van der Waals surface area contributed by atoms with E-state index in [1.54, 1.807) is 26.0 Å². The van der Waals surface area contributed by atoms with Gasteiger partial charge in [-0.3, -0.25) is 4.79 Å². The van der Waals surface area contributed by atoms with Crippen molar-refractivity contribution in [2.24, 2.45) is 0 Å². The number of hydrogen-bond donors (Lipinski definition) is 1. The fraction of sp³-hybridized carbons (Fsp3) is 0.267. The van der Waals surface area contributed by atoms with E-state index < -0.39 is 0 Å². The van der Waals surface area contributed by atoms with Gasteiger partial charge in [-0.2, -0.15) is 4.98 Å². The van der Waals surface area contributed by atoms with Crippen LogP contribution in [0.5, 0.6) is 0 Å². The number of halogens is 1. The topological polar surface area (TPSA) is 98.7 Å². The fourth-order valence-corrected chi connectivity index (χ4v) is 2.12. The summed E-state index contributed by atoms with van der Waals surface area (Å²) in [6, 6.07) is 4.68. The zero-order valence-electron chi connectivity index (χ0n) is 13.2. The fourth-order valence-electron chi connectivity index (χ4n) is 2.12. The minimum absolute atomic E-state index is 0.175. The van der Waals surface area contributed by atoms with E-state index in [1.807, 2.05) is 0 Å². The lowest BCUT2D eigenvalue weighted by Crippen LogP contribution is -2.23. The lowest BCUT2D eigenvalue weighted by Gasteiger charge is -2.04. The molecule has 1 amide bonds. The summed E-state index contributed by atoms with van der Waals surface area (Å²) in [6.07, 6.45) is 1.50. The largest absolute Gasteiger partial charge is 0.347 e. The normalized spacial score (nSPS) is 10.8. The van der Waals surface area contributed by atoms with Crippen LogP contribution in [0.2, 0.25) is 0 Å². The highest BCUT2D eigenvalue weighted by molar-refractivity contribution is 5.91. The average Bonchev–Trinajstić information content (AvgIpc) is 3.18. The molecule has 0 aliphatic rings. The highest BCUT2D eigenvalue weighted by atomic mass is 19.1. The molecule has 0 spiro atoms. The number of carbonyl (C=O) groups is 1. The highest BCUT2D eigenvalue weighted by Gasteiger charge is 2.12. The summed E-state index contributed by atoms with van der Waals surface area (Å²) in [5, 5.41) is 14.1. The Bertz CT molecular complexity index is 872. The third-order valence-electron chi connectivity index (χ3n) is 3.32. The monoisotopic (exact) mass is 330 g/mol. The standard InChI is InChI=1S/C15H15FN6O2/c1-9-5-11(3-4-12(9)16)6-17-15(23)13-7-22(21-19-13)8-14-18-10(2)24-20-14/h3-5,7H,6,8H2,1-2H3,(H,17,23).